The van der Waals surface area contributed by atoms with Crippen LogP contribution in [0, 0.1) is 0 Å². The normalized spacial score (nSPS) is 10.9. The molecule has 0 aliphatic heterocycles. The summed E-state index contributed by atoms with van der Waals surface area (Å²) in [6.07, 6.45) is 0.449. The molecule has 0 saturated carbocycles. The largest absolute Gasteiger partial charge is 0.497 e. The third-order valence-corrected chi connectivity index (χ3v) is 5.11. The third-order valence-electron chi connectivity index (χ3n) is 3.68. The first kappa shape index (κ1) is 20.5. The van der Waals surface area contributed by atoms with Crippen LogP contribution in [-0.4, -0.2) is 46.9 Å². The fourth-order valence-corrected chi connectivity index (χ4v) is 3.58. The average Bonchev–Trinajstić information content (AvgIpc) is 2.68. The summed E-state index contributed by atoms with van der Waals surface area (Å²) in [5.41, 5.74) is 0.776. The lowest BCUT2D eigenvalue weighted by Crippen LogP contribution is -2.17. The van der Waals surface area contributed by atoms with Crippen LogP contribution in [0.5, 0.6) is 5.75 Å². The molecule has 0 aromatic heterocycles. The molecule has 2 rings (SSSR count). The van der Waals surface area contributed by atoms with E-state index in [0.717, 1.165) is 0 Å². The minimum atomic E-state index is -3.99. The predicted molar refractivity (Wildman–Crippen MR) is 102 cm³/mol. The van der Waals surface area contributed by atoms with Gasteiger partial charge >= 0.3 is 5.97 Å². The van der Waals surface area contributed by atoms with E-state index in [1.54, 1.807) is 24.3 Å². The van der Waals surface area contributed by atoms with E-state index in [1.807, 2.05) is 0 Å². The maximum atomic E-state index is 12.9. The van der Waals surface area contributed by atoms with Gasteiger partial charge in [0.25, 0.3) is 10.0 Å². The number of hydrogen-bond acceptors (Lipinski definition) is 7. The van der Waals surface area contributed by atoms with Crippen molar-refractivity contribution in [1.29, 1.82) is 0 Å². The second-order valence-corrected chi connectivity index (χ2v) is 7.19. The maximum absolute atomic E-state index is 12.9. The molecule has 27 heavy (non-hydrogen) atoms. The van der Waals surface area contributed by atoms with E-state index >= 15 is 0 Å². The Morgan fingerprint density at radius 3 is 2.41 bits per heavy atom. The van der Waals surface area contributed by atoms with Gasteiger partial charge in [-0.3, -0.25) is 4.72 Å². The lowest BCUT2D eigenvalue weighted by Gasteiger charge is -2.15. The zero-order valence-corrected chi connectivity index (χ0v) is 15.9. The van der Waals surface area contributed by atoms with E-state index in [2.05, 4.69) is 14.8 Å². The smallest absolute Gasteiger partial charge is 0.337 e. The van der Waals surface area contributed by atoms with Crippen LogP contribution in [0.1, 0.15) is 16.8 Å². The Balaban J connectivity index is 2.38. The Labute approximate surface area is 158 Å². The topological polar surface area (TPSA) is 114 Å². The van der Waals surface area contributed by atoms with Crippen molar-refractivity contribution in [3.05, 3.63) is 48.0 Å². The Kier molecular flexibility index (Phi) is 7.03. The minimum Gasteiger partial charge on any atom is -0.497 e. The number of sulfonamides is 1. The number of carbonyl (C=O) groups excluding carboxylic acids is 1. The van der Waals surface area contributed by atoms with Crippen LogP contribution in [0.15, 0.2) is 47.4 Å². The summed E-state index contributed by atoms with van der Waals surface area (Å²) in [6.45, 7) is 0.346. The van der Waals surface area contributed by atoms with Crippen molar-refractivity contribution in [1.82, 2.24) is 0 Å². The van der Waals surface area contributed by atoms with Crippen LogP contribution in [0.4, 0.5) is 11.4 Å². The van der Waals surface area contributed by atoms with Gasteiger partial charge < -0.3 is 19.9 Å². The fraction of sp³-hybridized carbons (Fsp3) is 0.278. The van der Waals surface area contributed by atoms with Gasteiger partial charge in [0.2, 0.25) is 0 Å². The van der Waals surface area contributed by atoms with Gasteiger partial charge in [-0.1, -0.05) is 0 Å². The molecule has 0 aliphatic carbocycles. The third kappa shape index (κ3) is 5.35. The van der Waals surface area contributed by atoms with Gasteiger partial charge in [-0.2, -0.15) is 0 Å². The van der Waals surface area contributed by atoms with Crippen molar-refractivity contribution in [3.63, 3.8) is 0 Å². The first-order chi connectivity index (χ1) is 12.9. The number of benzene rings is 2. The molecule has 0 fully saturated rings. The van der Waals surface area contributed by atoms with Gasteiger partial charge in [0.05, 0.1) is 25.5 Å². The van der Waals surface area contributed by atoms with Gasteiger partial charge in [0.15, 0.2) is 0 Å². The van der Waals surface area contributed by atoms with Crippen molar-refractivity contribution < 1.29 is 27.8 Å². The zero-order chi connectivity index (χ0) is 19.9. The first-order valence-corrected chi connectivity index (χ1v) is 9.63. The molecule has 0 saturated heterocycles. The predicted octanol–water partition coefficient (Wildman–Crippen LogP) is 2.08. The molecular weight excluding hydrogens is 372 g/mol. The van der Waals surface area contributed by atoms with Gasteiger partial charge in [-0.05, 0) is 48.9 Å². The van der Waals surface area contributed by atoms with Gasteiger partial charge in [0, 0.05) is 18.8 Å². The number of methoxy groups -OCH3 is 2. The summed E-state index contributed by atoms with van der Waals surface area (Å²) in [6, 6.07) is 10.6. The Morgan fingerprint density at radius 2 is 1.81 bits per heavy atom. The molecule has 8 nitrogen and oxygen atoms in total. The highest BCUT2D eigenvalue weighted by Gasteiger charge is 2.21. The number of aliphatic hydroxyl groups is 1. The fourth-order valence-electron chi connectivity index (χ4n) is 2.31. The summed E-state index contributed by atoms with van der Waals surface area (Å²) in [5, 5.41) is 11.9. The van der Waals surface area contributed by atoms with Crippen LogP contribution in [-0.2, 0) is 14.8 Å². The number of carbonyl (C=O) groups is 1. The molecular formula is C18H22N2O6S. The second-order valence-electron chi connectivity index (χ2n) is 5.54. The lowest BCUT2D eigenvalue weighted by atomic mass is 10.2. The number of aliphatic hydroxyl groups excluding tert-OH is 1. The minimum absolute atomic E-state index is 0.0283. The molecule has 2 aromatic rings. The van der Waals surface area contributed by atoms with Crippen LogP contribution in [0.25, 0.3) is 0 Å². The van der Waals surface area contributed by atoms with E-state index < -0.39 is 16.0 Å². The molecule has 0 radical (unpaired) electrons. The monoisotopic (exact) mass is 394 g/mol. The summed E-state index contributed by atoms with van der Waals surface area (Å²) in [4.78, 5) is 11.7. The van der Waals surface area contributed by atoms with E-state index in [9.17, 15) is 13.2 Å². The second kappa shape index (κ2) is 9.24. The van der Waals surface area contributed by atoms with Crippen molar-refractivity contribution in [2.75, 3.05) is 37.4 Å². The van der Waals surface area contributed by atoms with Gasteiger partial charge in [-0.15, -0.1) is 0 Å². The van der Waals surface area contributed by atoms with Gasteiger partial charge in [-0.25, -0.2) is 13.2 Å². The van der Waals surface area contributed by atoms with E-state index in [4.69, 9.17) is 9.84 Å². The Morgan fingerprint density at radius 1 is 1.11 bits per heavy atom. The number of ether oxygens (including phenoxy) is 2. The van der Waals surface area contributed by atoms with E-state index in [0.29, 0.717) is 30.1 Å². The lowest BCUT2D eigenvalue weighted by molar-refractivity contribution is 0.0600. The molecule has 0 heterocycles. The molecule has 0 atom stereocenters. The van der Waals surface area contributed by atoms with Crippen LogP contribution >= 0.6 is 0 Å². The van der Waals surface area contributed by atoms with Crippen LogP contribution < -0.4 is 14.8 Å². The quantitative estimate of drug-likeness (QED) is 0.441. The number of hydrogen-bond donors (Lipinski definition) is 3. The molecule has 0 amide bonds. The zero-order valence-electron chi connectivity index (χ0n) is 15.1. The molecule has 3 N–H and O–H groups in total. The summed E-state index contributed by atoms with van der Waals surface area (Å²) in [7, 11) is -1.25. The molecule has 0 spiro atoms. The van der Waals surface area contributed by atoms with Gasteiger partial charge in [0.1, 0.15) is 10.6 Å². The Hall–Kier alpha value is -2.78. The van der Waals surface area contributed by atoms with Crippen LogP contribution in [0.2, 0.25) is 0 Å². The molecule has 0 aliphatic rings. The van der Waals surface area contributed by atoms with Crippen molar-refractivity contribution in [2.24, 2.45) is 0 Å². The van der Waals surface area contributed by atoms with E-state index in [-0.39, 0.29) is 17.1 Å². The number of rotatable bonds is 9. The van der Waals surface area contributed by atoms with Crippen molar-refractivity contribution >= 4 is 27.4 Å². The van der Waals surface area contributed by atoms with Crippen molar-refractivity contribution in [2.45, 2.75) is 11.3 Å². The SMILES string of the molecule is COC(=O)c1ccc(NCCCO)c(S(=O)(=O)Nc2ccc(OC)cc2)c1. The molecule has 0 bridgehead atoms. The highest BCUT2D eigenvalue weighted by atomic mass is 32.2. The highest BCUT2D eigenvalue weighted by Crippen LogP contribution is 2.26. The summed E-state index contributed by atoms with van der Waals surface area (Å²) >= 11 is 0. The number of nitrogens with one attached hydrogen (secondary N) is 2. The summed E-state index contributed by atoms with van der Waals surface area (Å²) < 4.78 is 38.0. The average molecular weight is 394 g/mol. The molecule has 0 unspecified atom stereocenters. The standard InChI is InChI=1S/C18H22N2O6S/c1-25-15-7-5-14(6-8-15)20-27(23,24)17-12-13(18(22)26-2)4-9-16(17)19-10-3-11-21/h4-9,12,19-21H,3,10-11H2,1-2H3. The van der Waals surface area contributed by atoms with Crippen molar-refractivity contribution in [3.8, 4) is 5.75 Å². The van der Waals surface area contributed by atoms with E-state index in [1.165, 1.54) is 32.4 Å². The first-order valence-electron chi connectivity index (χ1n) is 8.15. The number of anilines is 2. The van der Waals surface area contributed by atoms with Crippen LogP contribution in [0.3, 0.4) is 0 Å². The maximum Gasteiger partial charge on any atom is 0.337 e. The molecule has 146 valence electrons. The number of esters is 1. The molecule has 2 aromatic carbocycles. The Bertz CT molecular complexity index is 881. The molecule has 9 heteroatoms. The highest BCUT2D eigenvalue weighted by molar-refractivity contribution is 7.92. The summed E-state index contributed by atoms with van der Waals surface area (Å²) in [5.74, 6) is -0.0465.